The first kappa shape index (κ1) is 15.2. The number of anilines is 1. The summed E-state index contributed by atoms with van der Waals surface area (Å²) in [6.45, 7) is 4.45. The first-order chi connectivity index (χ1) is 9.76. The van der Waals surface area contributed by atoms with Crippen LogP contribution in [-0.2, 0) is 13.6 Å². The second kappa shape index (κ2) is 5.67. The number of hydrogen-bond acceptors (Lipinski definition) is 3. The van der Waals surface area contributed by atoms with Crippen molar-refractivity contribution in [3.63, 3.8) is 0 Å². The summed E-state index contributed by atoms with van der Waals surface area (Å²) in [7, 11) is 1.87. The number of halogens is 3. The molecule has 0 aliphatic carbocycles. The summed E-state index contributed by atoms with van der Waals surface area (Å²) in [6.07, 6.45) is -4.67. The van der Waals surface area contributed by atoms with E-state index in [2.05, 4.69) is 15.2 Å². The molecule has 2 rings (SSSR count). The van der Waals surface area contributed by atoms with Crippen LogP contribution in [-0.4, -0.2) is 16.1 Å². The Labute approximate surface area is 120 Å². The molecule has 0 atom stereocenters. The molecule has 0 bridgehead atoms. The molecule has 2 aromatic rings. The van der Waals surface area contributed by atoms with E-state index in [0.717, 1.165) is 17.0 Å². The Morgan fingerprint density at radius 3 is 2.29 bits per heavy atom. The highest BCUT2D eigenvalue weighted by Gasteiger charge is 2.30. The van der Waals surface area contributed by atoms with E-state index in [4.69, 9.17) is 0 Å². The van der Waals surface area contributed by atoms with Gasteiger partial charge in [-0.15, -0.1) is 13.2 Å². The molecule has 0 aliphatic rings. The molecule has 1 heterocycles. The zero-order valence-electron chi connectivity index (χ0n) is 12.0. The lowest BCUT2D eigenvalue weighted by Gasteiger charge is -2.10. The normalized spacial score (nSPS) is 11.5. The first-order valence-corrected chi connectivity index (χ1v) is 6.35. The number of alkyl halides is 3. The third kappa shape index (κ3) is 3.90. The fourth-order valence-corrected chi connectivity index (χ4v) is 2.04. The topological polar surface area (TPSA) is 39.1 Å². The minimum absolute atomic E-state index is 0.234. The second-order valence-corrected chi connectivity index (χ2v) is 4.70. The summed E-state index contributed by atoms with van der Waals surface area (Å²) in [5.41, 5.74) is 3.77. The fraction of sp³-hybridized carbons (Fsp3) is 0.357. The van der Waals surface area contributed by atoms with Crippen molar-refractivity contribution < 1.29 is 17.9 Å². The highest BCUT2D eigenvalue weighted by molar-refractivity contribution is 5.47. The third-order valence-corrected chi connectivity index (χ3v) is 3.22. The van der Waals surface area contributed by atoms with Gasteiger partial charge in [-0.25, -0.2) is 0 Å². The quantitative estimate of drug-likeness (QED) is 0.938. The molecule has 0 aliphatic heterocycles. The molecule has 0 spiro atoms. The van der Waals surface area contributed by atoms with Gasteiger partial charge in [0.25, 0.3) is 0 Å². The lowest BCUT2D eigenvalue weighted by Crippen LogP contribution is -2.17. The average molecular weight is 299 g/mol. The van der Waals surface area contributed by atoms with Gasteiger partial charge in [-0.05, 0) is 38.1 Å². The Morgan fingerprint density at radius 2 is 1.81 bits per heavy atom. The van der Waals surface area contributed by atoms with Gasteiger partial charge in [-0.2, -0.15) is 5.10 Å². The number of benzene rings is 1. The SMILES string of the molecule is Cc1nn(C)c(C)c1CNc1ccc(OC(F)(F)F)cc1. The van der Waals surface area contributed by atoms with Crippen molar-refractivity contribution in [1.82, 2.24) is 9.78 Å². The number of aromatic nitrogens is 2. The van der Waals surface area contributed by atoms with Crippen LogP contribution in [0.5, 0.6) is 5.75 Å². The Hall–Kier alpha value is -2.18. The second-order valence-electron chi connectivity index (χ2n) is 4.70. The van der Waals surface area contributed by atoms with Gasteiger partial charge in [0.2, 0.25) is 0 Å². The monoisotopic (exact) mass is 299 g/mol. The maximum absolute atomic E-state index is 12.1. The van der Waals surface area contributed by atoms with Crippen molar-refractivity contribution in [2.45, 2.75) is 26.8 Å². The van der Waals surface area contributed by atoms with Crippen LogP contribution in [0.15, 0.2) is 24.3 Å². The van der Waals surface area contributed by atoms with E-state index < -0.39 is 6.36 Å². The Kier molecular flexibility index (Phi) is 4.11. The Bertz CT molecular complexity index is 618. The van der Waals surface area contributed by atoms with Crippen LogP contribution in [0.2, 0.25) is 0 Å². The van der Waals surface area contributed by atoms with Crippen molar-refractivity contribution in [3.8, 4) is 5.75 Å². The molecule has 1 aromatic heterocycles. The van der Waals surface area contributed by atoms with Crippen molar-refractivity contribution in [2.24, 2.45) is 7.05 Å². The number of nitrogens with one attached hydrogen (secondary N) is 1. The van der Waals surface area contributed by atoms with Crippen molar-refractivity contribution in [2.75, 3.05) is 5.32 Å². The van der Waals surface area contributed by atoms with Crippen molar-refractivity contribution >= 4 is 5.69 Å². The van der Waals surface area contributed by atoms with E-state index >= 15 is 0 Å². The summed E-state index contributed by atoms with van der Waals surface area (Å²) in [4.78, 5) is 0. The minimum atomic E-state index is -4.67. The summed E-state index contributed by atoms with van der Waals surface area (Å²) < 4.78 is 41.8. The van der Waals surface area contributed by atoms with E-state index in [1.165, 1.54) is 12.1 Å². The summed E-state index contributed by atoms with van der Waals surface area (Å²) in [5.74, 6) is -0.234. The van der Waals surface area contributed by atoms with Crippen molar-refractivity contribution in [1.29, 1.82) is 0 Å². The molecule has 21 heavy (non-hydrogen) atoms. The molecule has 0 unspecified atom stereocenters. The van der Waals surface area contributed by atoms with Crippen molar-refractivity contribution in [3.05, 3.63) is 41.2 Å². The van der Waals surface area contributed by atoms with E-state index in [1.54, 1.807) is 16.8 Å². The maximum atomic E-state index is 12.1. The molecule has 0 saturated heterocycles. The molecule has 7 heteroatoms. The molecule has 1 N–H and O–H groups in total. The zero-order valence-corrected chi connectivity index (χ0v) is 12.0. The third-order valence-electron chi connectivity index (χ3n) is 3.22. The lowest BCUT2D eigenvalue weighted by molar-refractivity contribution is -0.274. The smallest absolute Gasteiger partial charge is 0.406 e. The number of ether oxygens (including phenoxy) is 1. The minimum Gasteiger partial charge on any atom is -0.406 e. The van der Waals surface area contributed by atoms with E-state index in [0.29, 0.717) is 12.2 Å². The van der Waals surface area contributed by atoms with Crippen LogP contribution in [0.1, 0.15) is 17.0 Å². The molecule has 0 radical (unpaired) electrons. The molecule has 0 fully saturated rings. The predicted molar refractivity (Wildman–Crippen MR) is 73.1 cm³/mol. The first-order valence-electron chi connectivity index (χ1n) is 6.35. The van der Waals surface area contributed by atoms with Crippen LogP contribution in [0.3, 0.4) is 0 Å². The van der Waals surface area contributed by atoms with Gasteiger partial charge in [-0.3, -0.25) is 4.68 Å². The Balaban J connectivity index is 2.01. The van der Waals surface area contributed by atoms with Crippen LogP contribution in [0.25, 0.3) is 0 Å². The number of hydrogen-bond donors (Lipinski definition) is 1. The average Bonchev–Trinajstić information content (AvgIpc) is 2.61. The van der Waals surface area contributed by atoms with Gasteiger partial charge < -0.3 is 10.1 Å². The molecule has 1 aromatic carbocycles. The van der Waals surface area contributed by atoms with Gasteiger partial charge in [0, 0.05) is 30.5 Å². The molecule has 0 amide bonds. The van der Waals surface area contributed by atoms with Gasteiger partial charge in [0.15, 0.2) is 0 Å². The fourth-order valence-electron chi connectivity index (χ4n) is 2.04. The number of rotatable bonds is 4. The number of aryl methyl sites for hydroxylation is 2. The summed E-state index contributed by atoms with van der Waals surface area (Å²) >= 11 is 0. The standard InChI is InChI=1S/C14H16F3N3O/c1-9-13(10(2)20(3)19-9)8-18-11-4-6-12(7-5-11)21-14(15,16)17/h4-7,18H,8H2,1-3H3. The van der Waals surface area contributed by atoms with Gasteiger partial charge >= 0.3 is 6.36 Å². The molecular formula is C14H16F3N3O. The zero-order chi connectivity index (χ0) is 15.6. The van der Waals surface area contributed by atoms with Gasteiger partial charge in [0.05, 0.1) is 5.69 Å². The lowest BCUT2D eigenvalue weighted by atomic mass is 10.2. The molecule has 0 saturated carbocycles. The molecule has 114 valence electrons. The van der Waals surface area contributed by atoms with Crippen LogP contribution >= 0.6 is 0 Å². The summed E-state index contributed by atoms with van der Waals surface area (Å²) in [6, 6.07) is 5.64. The van der Waals surface area contributed by atoms with Gasteiger partial charge in [0.1, 0.15) is 5.75 Å². The highest BCUT2D eigenvalue weighted by Crippen LogP contribution is 2.24. The van der Waals surface area contributed by atoms with E-state index in [-0.39, 0.29) is 5.75 Å². The summed E-state index contributed by atoms with van der Waals surface area (Å²) in [5, 5.41) is 7.46. The largest absolute Gasteiger partial charge is 0.573 e. The number of nitrogens with zero attached hydrogens (tertiary/aromatic N) is 2. The van der Waals surface area contributed by atoms with E-state index in [1.807, 2.05) is 20.9 Å². The van der Waals surface area contributed by atoms with Crippen LogP contribution < -0.4 is 10.1 Å². The molecular weight excluding hydrogens is 283 g/mol. The predicted octanol–water partition coefficient (Wildman–Crippen LogP) is 3.55. The maximum Gasteiger partial charge on any atom is 0.573 e. The van der Waals surface area contributed by atoms with Crippen LogP contribution in [0, 0.1) is 13.8 Å². The van der Waals surface area contributed by atoms with Gasteiger partial charge in [-0.1, -0.05) is 0 Å². The molecule has 4 nitrogen and oxygen atoms in total. The highest BCUT2D eigenvalue weighted by atomic mass is 19.4. The Morgan fingerprint density at radius 1 is 1.19 bits per heavy atom. The van der Waals surface area contributed by atoms with E-state index in [9.17, 15) is 13.2 Å². The van der Waals surface area contributed by atoms with Crippen LogP contribution in [0.4, 0.5) is 18.9 Å².